The number of hydrogen-bond acceptors (Lipinski definition) is 3. The number of amides is 1. The maximum Gasteiger partial charge on any atom is 0.255 e. The van der Waals surface area contributed by atoms with Gasteiger partial charge in [0.1, 0.15) is 0 Å². The fraction of sp³-hybridized carbons (Fsp3) is 0.0952. The maximum atomic E-state index is 12.5. The summed E-state index contributed by atoms with van der Waals surface area (Å²) >= 11 is 15.4. The molecule has 1 N–H and O–H groups in total. The summed E-state index contributed by atoms with van der Waals surface area (Å²) in [5.41, 5.74) is 2.20. The first-order valence-electron chi connectivity index (χ1n) is 8.72. The Morgan fingerprint density at radius 2 is 1.73 bits per heavy atom. The average molecular weight is 528 g/mol. The molecule has 3 aromatic carbocycles. The first-order valence-corrected chi connectivity index (χ1v) is 12.1. The molecule has 0 fully saturated rings. The highest BCUT2D eigenvalue weighted by Crippen LogP contribution is 2.26. The zero-order valence-corrected chi connectivity index (χ0v) is 19.7. The molecule has 0 saturated heterocycles. The summed E-state index contributed by atoms with van der Waals surface area (Å²) in [5.74, 6) is -0.297. The summed E-state index contributed by atoms with van der Waals surface area (Å²) in [6.07, 6.45) is 1.14. The van der Waals surface area contributed by atoms with Crippen molar-refractivity contribution in [2.45, 2.75) is 6.54 Å². The molecular weight excluding hydrogens is 511 g/mol. The second kappa shape index (κ2) is 9.39. The lowest BCUT2D eigenvalue weighted by Crippen LogP contribution is -2.29. The van der Waals surface area contributed by atoms with Crippen molar-refractivity contribution in [2.75, 3.05) is 15.9 Å². The lowest BCUT2D eigenvalue weighted by Gasteiger charge is -2.22. The summed E-state index contributed by atoms with van der Waals surface area (Å²) in [6, 6.07) is 18.5. The largest absolute Gasteiger partial charge is 0.322 e. The molecule has 0 saturated carbocycles. The monoisotopic (exact) mass is 526 g/mol. The van der Waals surface area contributed by atoms with Crippen molar-refractivity contribution in [1.29, 1.82) is 0 Å². The summed E-state index contributed by atoms with van der Waals surface area (Å²) < 4.78 is 26.6. The number of carbonyl (C=O) groups excluding carboxylic acids is 1. The maximum absolute atomic E-state index is 12.5. The van der Waals surface area contributed by atoms with Gasteiger partial charge in [0.15, 0.2) is 0 Å². The van der Waals surface area contributed by atoms with Gasteiger partial charge < -0.3 is 5.32 Å². The number of carbonyl (C=O) groups is 1. The van der Waals surface area contributed by atoms with Crippen LogP contribution in [0.1, 0.15) is 15.9 Å². The van der Waals surface area contributed by atoms with Crippen molar-refractivity contribution >= 4 is 66.4 Å². The Labute approximate surface area is 193 Å². The minimum absolute atomic E-state index is 0.114. The topological polar surface area (TPSA) is 66.5 Å². The minimum atomic E-state index is -3.53. The number of sulfonamides is 1. The van der Waals surface area contributed by atoms with E-state index in [2.05, 4.69) is 21.2 Å². The van der Waals surface area contributed by atoms with E-state index in [9.17, 15) is 13.2 Å². The predicted octanol–water partition coefficient (Wildman–Crippen LogP) is 5.97. The minimum Gasteiger partial charge on any atom is -0.322 e. The third-order valence-electron chi connectivity index (χ3n) is 4.22. The third-order valence-corrected chi connectivity index (χ3v) is 6.82. The van der Waals surface area contributed by atoms with Gasteiger partial charge in [0.05, 0.1) is 23.5 Å². The molecule has 30 heavy (non-hydrogen) atoms. The zero-order valence-electron chi connectivity index (χ0n) is 15.8. The van der Waals surface area contributed by atoms with E-state index in [1.54, 1.807) is 66.7 Å². The average Bonchev–Trinajstić information content (AvgIpc) is 2.68. The van der Waals surface area contributed by atoms with Crippen LogP contribution in [0.25, 0.3) is 0 Å². The smallest absolute Gasteiger partial charge is 0.255 e. The van der Waals surface area contributed by atoms with Crippen LogP contribution in [0.4, 0.5) is 11.4 Å². The molecule has 0 aliphatic rings. The first-order chi connectivity index (χ1) is 14.1. The zero-order chi connectivity index (χ0) is 21.9. The fourth-order valence-electron chi connectivity index (χ4n) is 2.74. The summed E-state index contributed by atoms with van der Waals surface area (Å²) in [5, 5.41) is 3.71. The van der Waals surface area contributed by atoms with Gasteiger partial charge >= 0.3 is 0 Å². The van der Waals surface area contributed by atoms with Crippen LogP contribution >= 0.6 is 39.1 Å². The predicted molar refractivity (Wildman–Crippen MR) is 126 cm³/mol. The Bertz CT molecular complexity index is 1190. The van der Waals surface area contributed by atoms with E-state index in [1.165, 1.54) is 4.31 Å². The first kappa shape index (κ1) is 22.6. The Kier molecular flexibility index (Phi) is 7.08. The van der Waals surface area contributed by atoms with Gasteiger partial charge in [0, 0.05) is 20.7 Å². The Morgan fingerprint density at radius 1 is 1.03 bits per heavy atom. The number of nitrogens with zero attached hydrogens (tertiary/aromatic N) is 1. The van der Waals surface area contributed by atoms with Crippen LogP contribution < -0.4 is 9.62 Å². The normalized spacial score (nSPS) is 11.2. The molecule has 5 nitrogen and oxygen atoms in total. The molecule has 0 radical (unpaired) electrons. The van der Waals surface area contributed by atoms with Gasteiger partial charge in [-0.3, -0.25) is 9.10 Å². The highest BCUT2D eigenvalue weighted by atomic mass is 79.9. The molecule has 156 valence electrons. The van der Waals surface area contributed by atoms with E-state index >= 15 is 0 Å². The Balaban J connectivity index is 1.76. The molecule has 0 atom stereocenters. The molecular formula is C21H17BrCl2N2O3S. The molecule has 0 aliphatic heterocycles. The van der Waals surface area contributed by atoms with Crippen LogP contribution in [-0.4, -0.2) is 20.6 Å². The number of benzene rings is 3. The van der Waals surface area contributed by atoms with E-state index < -0.39 is 10.0 Å². The SMILES string of the molecule is CS(=O)(=O)N(Cc1ccc(C(=O)Nc2ccc(Br)c(Cl)c2)cc1)c1cccc(Cl)c1. The molecule has 0 aromatic heterocycles. The van der Waals surface area contributed by atoms with E-state index in [0.29, 0.717) is 27.0 Å². The van der Waals surface area contributed by atoms with E-state index in [-0.39, 0.29) is 12.5 Å². The molecule has 0 unspecified atom stereocenters. The number of nitrogens with one attached hydrogen (secondary N) is 1. The number of halogens is 3. The van der Waals surface area contributed by atoms with Crippen molar-refractivity contribution < 1.29 is 13.2 Å². The van der Waals surface area contributed by atoms with Crippen molar-refractivity contribution in [3.05, 3.63) is 92.4 Å². The Morgan fingerprint density at radius 3 is 2.33 bits per heavy atom. The summed E-state index contributed by atoms with van der Waals surface area (Å²) in [6.45, 7) is 0.114. The molecule has 9 heteroatoms. The van der Waals surface area contributed by atoms with Gasteiger partial charge in [-0.1, -0.05) is 41.4 Å². The number of hydrogen-bond donors (Lipinski definition) is 1. The highest BCUT2D eigenvalue weighted by molar-refractivity contribution is 9.10. The van der Waals surface area contributed by atoms with Gasteiger partial charge in [-0.2, -0.15) is 0 Å². The van der Waals surface area contributed by atoms with Crippen molar-refractivity contribution in [2.24, 2.45) is 0 Å². The van der Waals surface area contributed by atoms with Gasteiger partial charge in [-0.25, -0.2) is 8.42 Å². The second-order valence-electron chi connectivity index (χ2n) is 6.53. The fourth-order valence-corrected chi connectivity index (χ4v) is 4.23. The van der Waals surface area contributed by atoms with Crippen molar-refractivity contribution in [3.8, 4) is 0 Å². The van der Waals surface area contributed by atoms with Crippen LogP contribution in [0.15, 0.2) is 71.2 Å². The number of anilines is 2. The van der Waals surface area contributed by atoms with E-state index in [4.69, 9.17) is 23.2 Å². The van der Waals surface area contributed by atoms with Crippen LogP contribution in [0.3, 0.4) is 0 Å². The highest BCUT2D eigenvalue weighted by Gasteiger charge is 2.18. The van der Waals surface area contributed by atoms with Crippen LogP contribution in [0.5, 0.6) is 0 Å². The molecule has 3 aromatic rings. The lowest BCUT2D eigenvalue weighted by atomic mass is 10.1. The quantitative estimate of drug-likeness (QED) is 0.429. The molecule has 0 heterocycles. The van der Waals surface area contributed by atoms with Gasteiger partial charge in [-0.15, -0.1) is 0 Å². The standard InChI is InChI=1S/C21H17BrCl2N2O3S/c1-30(28,29)26(18-4-2-3-16(23)11-18)13-14-5-7-15(8-6-14)21(27)25-17-9-10-19(22)20(24)12-17/h2-12H,13H2,1H3,(H,25,27). The second-order valence-corrected chi connectivity index (χ2v) is 10.1. The van der Waals surface area contributed by atoms with Gasteiger partial charge in [0.25, 0.3) is 5.91 Å². The van der Waals surface area contributed by atoms with Crippen molar-refractivity contribution in [3.63, 3.8) is 0 Å². The van der Waals surface area contributed by atoms with Crippen LogP contribution in [0.2, 0.25) is 10.0 Å². The molecule has 0 bridgehead atoms. The molecule has 3 rings (SSSR count). The Hall–Kier alpha value is -2.06. The van der Waals surface area contributed by atoms with Crippen molar-refractivity contribution in [1.82, 2.24) is 0 Å². The summed E-state index contributed by atoms with van der Waals surface area (Å²) in [7, 11) is -3.53. The van der Waals surface area contributed by atoms with Crippen LogP contribution in [0, 0.1) is 0 Å². The lowest BCUT2D eigenvalue weighted by molar-refractivity contribution is 0.102. The van der Waals surface area contributed by atoms with E-state index in [0.717, 1.165) is 16.3 Å². The molecule has 1 amide bonds. The van der Waals surface area contributed by atoms with Crippen LogP contribution in [-0.2, 0) is 16.6 Å². The third kappa shape index (κ3) is 5.76. The summed E-state index contributed by atoms with van der Waals surface area (Å²) in [4.78, 5) is 12.5. The molecule has 0 aliphatic carbocycles. The van der Waals surface area contributed by atoms with Gasteiger partial charge in [-0.05, 0) is 70.0 Å². The van der Waals surface area contributed by atoms with Gasteiger partial charge in [0.2, 0.25) is 10.0 Å². The molecule has 0 spiro atoms. The van der Waals surface area contributed by atoms with E-state index in [1.807, 2.05) is 0 Å². The number of rotatable bonds is 6.